The van der Waals surface area contributed by atoms with Crippen molar-refractivity contribution in [3.8, 4) is 11.5 Å². The molecule has 1 heterocycles. The van der Waals surface area contributed by atoms with Gasteiger partial charge >= 0.3 is 0 Å². The van der Waals surface area contributed by atoms with Crippen LogP contribution in [0.2, 0.25) is 0 Å². The van der Waals surface area contributed by atoms with Crippen LogP contribution in [0.5, 0.6) is 11.5 Å². The molecule has 0 saturated heterocycles. The van der Waals surface area contributed by atoms with Gasteiger partial charge in [0.05, 0.1) is 19.7 Å². The Balaban J connectivity index is 1.77. The van der Waals surface area contributed by atoms with E-state index in [1.165, 1.54) is 0 Å². The maximum absolute atomic E-state index is 10.9. The third-order valence-electron chi connectivity index (χ3n) is 4.60. The monoisotopic (exact) mass is 365 g/mol. The van der Waals surface area contributed by atoms with E-state index in [9.17, 15) is 4.21 Å². The molecule has 1 fully saturated rings. The van der Waals surface area contributed by atoms with E-state index in [0.717, 1.165) is 42.3 Å². The van der Waals surface area contributed by atoms with E-state index in [1.54, 1.807) is 20.4 Å². The zero-order chi connectivity index (χ0) is 17.8. The van der Waals surface area contributed by atoms with Gasteiger partial charge in [0.2, 0.25) is 11.3 Å². The molecule has 8 heteroatoms. The summed E-state index contributed by atoms with van der Waals surface area (Å²) in [4.78, 5) is 4.42. The van der Waals surface area contributed by atoms with Crippen LogP contribution in [-0.4, -0.2) is 40.0 Å². The first-order valence-electron chi connectivity index (χ1n) is 8.25. The summed E-state index contributed by atoms with van der Waals surface area (Å²) in [5, 5.41) is 4.57. The average Bonchev–Trinajstić information content (AvgIpc) is 2.62. The molecule has 0 amide bonds. The van der Waals surface area contributed by atoms with Crippen LogP contribution in [-0.2, 0) is 11.3 Å². The van der Waals surface area contributed by atoms with E-state index < -0.39 is 11.3 Å². The first-order valence-corrected chi connectivity index (χ1v) is 9.35. The normalized spacial score (nSPS) is 21.7. The fourth-order valence-electron chi connectivity index (χ4n) is 3.32. The molecule has 25 heavy (non-hydrogen) atoms. The number of methoxy groups -OCH3 is 2. The Kier molecular flexibility index (Phi) is 5.72. The third-order valence-corrected chi connectivity index (χ3v) is 5.14. The minimum atomic E-state index is -1.94. The van der Waals surface area contributed by atoms with Gasteiger partial charge in [0.15, 0.2) is 11.5 Å². The summed E-state index contributed by atoms with van der Waals surface area (Å²) < 4.78 is 33.2. The van der Waals surface area contributed by atoms with Crippen molar-refractivity contribution in [1.82, 2.24) is 9.71 Å². The van der Waals surface area contributed by atoms with Gasteiger partial charge in [-0.15, -0.1) is 0 Å². The van der Waals surface area contributed by atoms with Crippen LogP contribution >= 0.6 is 0 Å². The largest absolute Gasteiger partial charge is 0.493 e. The van der Waals surface area contributed by atoms with Crippen LogP contribution in [0.1, 0.15) is 25.7 Å². The number of pyridine rings is 1. The van der Waals surface area contributed by atoms with Crippen molar-refractivity contribution in [2.45, 2.75) is 37.8 Å². The Hall–Kier alpha value is -1.90. The maximum atomic E-state index is 10.9. The fourth-order valence-corrected chi connectivity index (χ4v) is 3.84. The summed E-state index contributed by atoms with van der Waals surface area (Å²) in [6, 6.07) is 6.19. The van der Waals surface area contributed by atoms with E-state index in [2.05, 4.69) is 15.0 Å². The Morgan fingerprint density at radius 1 is 1.12 bits per heavy atom. The number of nitrogens with zero attached hydrogens (tertiary/aromatic N) is 1. The zero-order valence-electron chi connectivity index (χ0n) is 14.3. The topological polar surface area (TPSA) is 92.7 Å². The molecule has 2 aromatic rings. The second kappa shape index (κ2) is 7.99. The van der Waals surface area contributed by atoms with Crippen LogP contribution < -0.4 is 19.5 Å². The van der Waals surface area contributed by atoms with Gasteiger partial charge < -0.3 is 14.8 Å². The van der Waals surface area contributed by atoms with Crippen molar-refractivity contribution in [3.05, 3.63) is 24.4 Å². The Bertz CT molecular complexity index is 763. The van der Waals surface area contributed by atoms with Gasteiger partial charge in [0, 0.05) is 35.4 Å². The predicted octanol–water partition coefficient (Wildman–Crippen LogP) is 2.70. The van der Waals surface area contributed by atoms with Crippen molar-refractivity contribution < 1.29 is 18.2 Å². The number of aromatic nitrogens is 1. The molecule has 0 radical (unpaired) electrons. The van der Waals surface area contributed by atoms with Gasteiger partial charge in [0.25, 0.3) is 0 Å². The van der Waals surface area contributed by atoms with E-state index >= 15 is 0 Å². The summed E-state index contributed by atoms with van der Waals surface area (Å²) in [6.45, 7) is 0. The molecule has 0 bridgehead atoms. The lowest BCUT2D eigenvalue weighted by Crippen LogP contribution is -2.37. The summed E-state index contributed by atoms with van der Waals surface area (Å²) in [7, 11) is 3.23. The molecule has 3 N–H and O–H groups in total. The molecule has 0 spiro atoms. The molecule has 136 valence electrons. The van der Waals surface area contributed by atoms with Gasteiger partial charge in [-0.3, -0.25) is 9.54 Å². The lowest BCUT2D eigenvalue weighted by molar-refractivity contribution is 0.356. The number of fused-ring (bicyclic) bond motifs is 1. The molecule has 1 aromatic heterocycles. The van der Waals surface area contributed by atoms with Crippen molar-refractivity contribution in [2.24, 2.45) is 0 Å². The van der Waals surface area contributed by atoms with Crippen molar-refractivity contribution in [3.63, 3.8) is 0 Å². The maximum Gasteiger partial charge on any atom is 0.231 e. The number of ether oxygens (including phenoxy) is 2. The number of hydrogen-bond acceptors (Lipinski definition) is 5. The minimum Gasteiger partial charge on any atom is -0.493 e. The van der Waals surface area contributed by atoms with Crippen molar-refractivity contribution in [2.75, 3.05) is 19.5 Å². The molecule has 1 aromatic carbocycles. The van der Waals surface area contributed by atoms with Gasteiger partial charge in [-0.2, -0.15) is 0 Å². The van der Waals surface area contributed by atoms with Crippen LogP contribution in [0.3, 0.4) is 0 Å². The van der Waals surface area contributed by atoms with E-state index in [-0.39, 0.29) is 6.04 Å². The van der Waals surface area contributed by atoms with E-state index in [0.29, 0.717) is 17.5 Å². The molecule has 3 rings (SSSR count). The lowest BCUT2D eigenvalue weighted by atomic mass is 9.91. The second-order valence-corrected chi connectivity index (χ2v) is 6.88. The van der Waals surface area contributed by atoms with Crippen molar-refractivity contribution in [1.29, 1.82) is 0 Å². The van der Waals surface area contributed by atoms with Crippen LogP contribution in [0.4, 0.5) is 5.69 Å². The Morgan fingerprint density at radius 2 is 1.76 bits per heavy atom. The molecule has 1 unspecified atom stereocenters. The second-order valence-electron chi connectivity index (χ2n) is 6.14. The van der Waals surface area contributed by atoms with Crippen LogP contribution in [0.25, 0.3) is 10.9 Å². The molecular formula is C17H23N3O4S. The quantitative estimate of drug-likeness (QED) is 0.682. The Labute approximate surface area is 149 Å². The number of anilines is 1. The molecule has 0 aliphatic heterocycles. The van der Waals surface area contributed by atoms with Gasteiger partial charge in [-0.1, -0.05) is 0 Å². The number of nitrogens with one attached hydrogen (secondary N) is 2. The fraction of sp³-hybridized carbons (Fsp3) is 0.471. The van der Waals surface area contributed by atoms with Gasteiger partial charge in [-0.05, 0) is 37.8 Å². The van der Waals surface area contributed by atoms with E-state index in [1.807, 2.05) is 18.2 Å². The molecule has 1 saturated carbocycles. The lowest BCUT2D eigenvalue weighted by Gasteiger charge is -2.29. The number of hydrogen-bond donors (Lipinski definition) is 3. The molecule has 1 aliphatic carbocycles. The van der Waals surface area contributed by atoms with Crippen LogP contribution in [0.15, 0.2) is 24.4 Å². The first-order chi connectivity index (χ1) is 12.1. The highest BCUT2D eigenvalue weighted by Gasteiger charge is 2.22. The van der Waals surface area contributed by atoms with Gasteiger partial charge in [0.1, 0.15) is 0 Å². The van der Waals surface area contributed by atoms with Crippen LogP contribution in [0, 0.1) is 0 Å². The molecule has 1 atom stereocenters. The molecule has 7 nitrogen and oxygen atoms in total. The summed E-state index contributed by atoms with van der Waals surface area (Å²) in [5.41, 5.74) is 1.85. The Morgan fingerprint density at radius 3 is 2.40 bits per heavy atom. The van der Waals surface area contributed by atoms with Crippen molar-refractivity contribution >= 4 is 27.9 Å². The smallest absolute Gasteiger partial charge is 0.231 e. The zero-order valence-corrected chi connectivity index (χ0v) is 15.1. The summed E-state index contributed by atoms with van der Waals surface area (Å²) in [5.74, 6) is 1.33. The highest BCUT2D eigenvalue weighted by molar-refractivity contribution is 7.77. The highest BCUT2D eigenvalue weighted by atomic mass is 32.2. The summed E-state index contributed by atoms with van der Waals surface area (Å²) in [6.07, 6.45) is 5.38. The third kappa shape index (κ3) is 4.20. The minimum absolute atomic E-state index is 0.0995. The standard InChI is InChI=1S/C17H23N3O4S/c1-23-16-9-13-14(7-8-18-15(13)10-17(16)24-2)19-11-3-5-12(6-4-11)20-25(21)22/h7-12,20H,3-6H2,1-2H3,(H,18,19)(H,21,22). The molecular weight excluding hydrogens is 342 g/mol. The first kappa shape index (κ1) is 17.9. The average molecular weight is 365 g/mol. The SMILES string of the molecule is COc1cc2nccc(NC3CCC(NS(=O)O)CC3)c2cc1OC. The van der Waals surface area contributed by atoms with Gasteiger partial charge in [-0.25, -0.2) is 8.93 Å². The summed E-state index contributed by atoms with van der Waals surface area (Å²) >= 11 is -1.94. The molecule has 1 aliphatic rings. The number of benzene rings is 1. The van der Waals surface area contributed by atoms with E-state index in [4.69, 9.17) is 14.0 Å². The highest BCUT2D eigenvalue weighted by Crippen LogP contribution is 2.35. The predicted molar refractivity (Wildman–Crippen MR) is 98.4 cm³/mol. The number of rotatable bonds is 6.